The van der Waals surface area contributed by atoms with E-state index in [1.807, 2.05) is 6.07 Å². The molecule has 6 heteroatoms. The number of aliphatic imine (C=N–C) groups is 1. The van der Waals surface area contributed by atoms with Crippen LogP contribution in [0.15, 0.2) is 33.9 Å². The number of rotatable bonds is 5. The van der Waals surface area contributed by atoms with E-state index in [-0.39, 0.29) is 6.10 Å². The molecule has 1 unspecified atom stereocenters. The van der Waals surface area contributed by atoms with E-state index in [1.165, 1.54) is 10.9 Å². The van der Waals surface area contributed by atoms with Crippen LogP contribution >= 0.6 is 15.9 Å². The maximum Gasteiger partial charge on any atom is 0.188 e. The van der Waals surface area contributed by atoms with E-state index in [0.717, 1.165) is 42.4 Å². The largest absolute Gasteiger partial charge is 0.376 e. The number of nitrogens with zero attached hydrogens (tertiary/aromatic N) is 1. The monoisotopic (exact) mass is 364 g/mol. The normalized spacial score (nSPS) is 19.0. The number of benzene rings is 1. The van der Waals surface area contributed by atoms with Crippen molar-refractivity contribution in [3.8, 4) is 0 Å². The summed E-state index contributed by atoms with van der Waals surface area (Å²) in [5.41, 5.74) is 8.31. The zero-order valence-corrected chi connectivity index (χ0v) is 14.0. The predicted molar refractivity (Wildman–Crippen MR) is 93.2 cm³/mol. The van der Waals surface area contributed by atoms with Crippen LogP contribution < -0.4 is 11.1 Å². The van der Waals surface area contributed by atoms with E-state index >= 15 is 0 Å². The average molecular weight is 365 g/mol. The molecule has 1 saturated heterocycles. The van der Waals surface area contributed by atoms with Gasteiger partial charge in [-0.25, -0.2) is 0 Å². The van der Waals surface area contributed by atoms with E-state index in [1.54, 1.807) is 0 Å². The number of ether oxygens (including phenoxy) is 1. The number of hydrogen-bond donors (Lipinski definition) is 3. The number of nitrogens with two attached hydrogens (primary N) is 1. The van der Waals surface area contributed by atoms with Crippen LogP contribution in [0, 0.1) is 0 Å². The van der Waals surface area contributed by atoms with Crippen molar-refractivity contribution in [3.63, 3.8) is 0 Å². The van der Waals surface area contributed by atoms with E-state index in [9.17, 15) is 0 Å². The minimum atomic E-state index is 0.241. The van der Waals surface area contributed by atoms with E-state index in [4.69, 9.17) is 10.5 Å². The van der Waals surface area contributed by atoms with Crippen molar-refractivity contribution in [2.75, 3.05) is 19.7 Å². The number of aromatic amines is 1. The molecule has 1 aliphatic heterocycles. The molecule has 0 saturated carbocycles. The minimum absolute atomic E-state index is 0.241. The lowest BCUT2D eigenvalue weighted by molar-refractivity contribution is 0.118. The second kappa shape index (κ2) is 7.15. The van der Waals surface area contributed by atoms with Gasteiger partial charge in [-0.1, -0.05) is 22.0 Å². The number of aromatic nitrogens is 1. The van der Waals surface area contributed by atoms with Crippen LogP contribution in [0.2, 0.25) is 0 Å². The van der Waals surface area contributed by atoms with Crippen LogP contribution in [0.3, 0.4) is 0 Å². The molecule has 118 valence electrons. The summed E-state index contributed by atoms with van der Waals surface area (Å²) in [6.45, 7) is 2.26. The average Bonchev–Trinajstić information content (AvgIpc) is 3.15. The Hall–Kier alpha value is -1.53. The fourth-order valence-electron chi connectivity index (χ4n) is 2.77. The number of nitrogens with one attached hydrogen (secondary N) is 2. The Kier molecular flexibility index (Phi) is 5.00. The van der Waals surface area contributed by atoms with Crippen LogP contribution in [0.1, 0.15) is 18.4 Å². The molecule has 2 aromatic rings. The smallest absolute Gasteiger partial charge is 0.188 e. The molecular weight excluding hydrogens is 344 g/mol. The first kappa shape index (κ1) is 15.4. The second-order valence-corrected chi connectivity index (χ2v) is 6.37. The van der Waals surface area contributed by atoms with Gasteiger partial charge in [0, 0.05) is 34.7 Å². The number of H-pyrrole nitrogens is 1. The van der Waals surface area contributed by atoms with Crippen molar-refractivity contribution in [2.24, 2.45) is 10.7 Å². The third-order valence-electron chi connectivity index (χ3n) is 3.93. The Morgan fingerprint density at radius 3 is 3.23 bits per heavy atom. The van der Waals surface area contributed by atoms with Crippen molar-refractivity contribution in [2.45, 2.75) is 25.4 Å². The van der Waals surface area contributed by atoms with Crippen LogP contribution in [0.4, 0.5) is 0 Å². The summed E-state index contributed by atoms with van der Waals surface area (Å²) in [5, 5.41) is 4.41. The van der Waals surface area contributed by atoms with Crippen LogP contribution in [0.5, 0.6) is 0 Å². The molecule has 0 amide bonds. The first-order chi connectivity index (χ1) is 10.7. The molecule has 0 aliphatic carbocycles. The fraction of sp³-hybridized carbons (Fsp3) is 0.438. The molecule has 0 spiro atoms. The standard InChI is InChI=1S/C16H21BrN4O/c17-13-4-1-5-14-15(13)11(9-20-14)6-7-19-16(18)21-10-12-3-2-8-22-12/h1,4-5,9,12,20H,2-3,6-8,10H2,(H3,18,19,21). The molecular formula is C16H21BrN4O. The number of halogens is 1. The Bertz CT molecular complexity index is 661. The topological polar surface area (TPSA) is 75.4 Å². The van der Waals surface area contributed by atoms with Gasteiger partial charge in [0.25, 0.3) is 0 Å². The molecule has 2 heterocycles. The molecule has 1 atom stereocenters. The first-order valence-corrected chi connectivity index (χ1v) is 8.43. The van der Waals surface area contributed by atoms with E-state index < -0.39 is 0 Å². The number of fused-ring (bicyclic) bond motifs is 1. The van der Waals surface area contributed by atoms with E-state index in [2.05, 4.69) is 49.6 Å². The summed E-state index contributed by atoms with van der Waals surface area (Å²) in [7, 11) is 0. The Labute approximate surface area is 138 Å². The van der Waals surface area contributed by atoms with Gasteiger partial charge in [-0.15, -0.1) is 0 Å². The van der Waals surface area contributed by atoms with Gasteiger partial charge < -0.3 is 20.8 Å². The van der Waals surface area contributed by atoms with Crippen molar-refractivity contribution in [1.82, 2.24) is 10.3 Å². The molecule has 1 fully saturated rings. The van der Waals surface area contributed by atoms with Gasteiger partial charge in [0.1, 0.15) is 0 Å². The van der Waals surface area contributed by atoms with Gasteiger partial charge in [-0.2, -0.15) is 0 Å². The maximum absolute atomic E-state index is 5.90. The lowest BCUT2D eigenvalue weighted by Gasteiger charge is -2.08. The Morgan fingerprint density at radius 1 is 1.50 bits per heavy atom. The first-order valence-electron chi connectivity index (χ1n) is 7.64. The summed E-state index contributed by atoms with van der Waals surface area (Å²) < 4.78 is 6.64. The highest BCUT2D eigenvalue weighted by molar-refractivity contribution is 9.10. The highest BCUT2D eigenvalue weighted by Crippen LogP contribution is 2.26. The van der Waals surface area contributed by atoms with Crippen LogP contribution in [-0.2, 0) is 11.2 Å². The fourth-order valence-corrected chi connectivity index (χ4v) is 3.40. The summed E-state index contributed by atoms with van der Waals surface area (Å²) in [6, 6.07) is 6.17. The summed E-state index contributed by atoms with van der Waals surface area (Å²) >= 11 is 3.61. The SMILES string of the molecule is NC(=NCC1CCCO1)NCCc1c[nH]c2cccc(Br)c12. The molecule has 3 rings (SSSR count). The third-order valence-corrected chi connectivity index (χ3v) is 4.59. The Morgan fingerprint density at radius 2 is 2.41 bits per heavy atom. The van der Waals surface area contributed by atoms with Crippen molar-refractivity contribution < 1.29 is 4.74 Å². The zero-order valence-electron chi connectivity index (χ0n) is 12.4. The maximum atomic E-state index is 5.90. The van der Waals surface area contributed by atoms with Gasteiger partial charge in [-0.3, -0.25) is 4.99 Å². The Balaban J connectivity index is 1.52. The molecule has 1 aliphatic rings. The summed E-state index contributed by atoms with van der Waals surface area (Å²) in [4.78, 5) is 7.64. The number of guanidine groups is 1. The number of hydrogen-bond acceptors (Lipinski definition) is 2. The van der Waals surface area contributed by atoms with Crippen LogP contribution in [-0.4, -0.2) is 36.7 Å². The second-order valence-electron chi connectivity index (χ2n) is 5.51. The summed E-state index contributed by atoms with van der Waals surface area (Å²) in [5.74, 6) is 0.495. The van der Waals surface area contributed by atoms with Crippen molar-refractivity contribution >= 4 is 32.8 Å². The minimum Gasteiger partial charge on any atom is -0.376 e. The zero-order chi connectivity index (χ0) is 15.4. The summed E-state index contributed by atoms with van der Waals surface area (Å²) in [6.07, 6.45) is 5.39. The third kappa shape index (κ3) is 3.62. The van der Waals surface area contributed by atoms with Gasteiger partial charge in [0.15, 0.2) is 5.96 Å². The molecule has 0 bridgehead atoms. The highest BCUT2D eigenvalue weighted by Gasteiger charge is 2.14. The van der Waals surface area contributed by atoms with Gasteiger partial charge in [0.05, 0.1) is 12.6 Å². The van der Waals surface area contributed by atoms with Crippen molar-refractivity contribution in [1.29, 1.82) is 0 Å². The molecule has 0 radical (unpaired) electrons. The van der Waals surface area contributed by atoms with E-state index in [0.29, 0.717) is 12.5 Å². The quantitative estimate of drug-likeness (QED) is 0.563. The van der Waals surface area contributed by atoms with Crippen LogP contribution in [0.25, 0.3) is 10.9 Å². The highest BCUT2D eigenvalue weighted by atomic mass is 79.9. The van der Waals surface area contributed by atoms with Crippen molar-refractivity contribution in [3.05, 3.63) is 34.4 Å². The van der Waals surface area contributed by atoms with Gasteiger partial charge in [0.2, 0.25) is 0 Å². The molecule has 4 N–H and O–H groups in total. The van der Waals surface area contributed by atoms with Gasteiger partial charge >= 0.3 is 0 Å². The lowest BCUT2D eigenvalue weighted by atomic mass is 10.1. The molecule has 1 aromatic carbocycles. The molecule has 1 aromatic heterocycles. The van der Waals surface area contributed by atoms with Gasteiger partial charge in [-0.05, 0) is 37.0 Å². The predicted octanol–water partition coefficient (Wildman–Crippen LogP) is 2.56. The lowest BCUT2D eigenvalue weighted by Crippen LogP contribution is -2.34. The molecule has 5 nitrogen and oxygen atoms in total. The molecule has 22 heavy (non-hydrogen) atoms.